The molecule has 18 heavy (non-hydrogen) atoms. The normalized spacial score (nSPS) is 10.2. The van der Waals surface area contributed by atoms with Crippen LogP contribution in [0.3, 0.4) is 0 Å². The van der Waals surface area contributed by atoms with Gasteiger partial charge in [0.1, 0.15) is 5.75 Å². The number of ether oxygens (including phenoxy) is 1. The fraction of sp³-hybridized carbons (Fsp3) is 0. The van der Waals surface area contributed by atoms with Gasteiger partial charge < -0.3 is 4.74 Å². The van der Waals surface area contributed by atoms with Gasteiger partial charge in [-0.3, -0.25) is 5.43 Å². The Labute approximate surface area is 125 Å². The van der Waals surface area contributed by atoms with Crippen molar-refractivity contribution in [3.63, 3.8) is 0 Å². The second kappa shape index (κ2) is 5.83. The van der Waals surface area contributed by atoms with Crippen LogP contribution in [0.25, 0.3) is 0 Å². The van der Waals surface area contributed by atoms with E-state index in [0.29, 0.717) is 21.1 Å². The number of anilines is 1. The predicted octanol–water partition coefficient (Wildman–Crippen LogP) is 3.73. The Bertz CT molecular complexity index is 582. The van der Waals surface area contributed by atoms with Gasteiger partial charge >= 0.3 is 0 Å². The van der Waals surface area contributed by atoms with Gasteiger partial charge in [0.05, 0.1) is 15.7 Å². The summed E-state index contributed by atoms with van der Waals surface area (Å²) in [6.45, 7) is 0. The third kappa shape index (κ3) is 3.11. The second-order valence-electron chi connectivity index (χ2n) is 3.17. The molecule has 0 aliphatic carbocycles. The third-order valence-corrected chi connectivity index (χ3v) is 3.27. The maximum Gasteiger partial charge on any atom is 0.240 e. The summed E-state index contributed by atoms with van der Waals surface area (Å²) in [6.07, 6.45) is 1.53. The molecule has 0 aliphatic rings. The van der Waals surface area contributed by atoms with Crippen molar-refractivity contribution < 1.29 is 4.74 Å². The number of hydrazine groups is 1. The summed E-state index contributed by atoms with van der Waals surface area (Å²) in [5.74, 6) is 6.29. The summed E-state index contributed by atoms with van der Waals surface area (Å²) >= 11 is 12.7. The lowest BCUT2D eigenvalue weighted by Gasteiger charge is -2.09. The zero-order valence-corrected chi connectivity index (χ0v) is 12.8. The monoisotopic (exact) mass is 392 g/mol. The highest BCUT2D eigenvalue weighted by Gasteiger charge is 2.09. The number of halogens is 3. The molecule has 0 amide bonds. The van der Waals surface area contributed by atoms with Crippen molar-refractivity contribution in [2.24, 2.45) is 5.84 Å². The number of nitrogen functional groups attached to an aromatic ring is 1. The summed E-state index contributed by atoms with van der Waals surface area (Å²) in [6, 6.07) is 5.28. The molecule has 2 aromatic rings. The summed E-state index contributed by atoms with van der Waals surface area (Å²) in [7, 11) is 0. The van der Waals surface area contributed by atoms with E-state index < -0.39 is 0 Å². The number of nitrogens with one attached hydrogen (secondary N) is 1. The van der Waals surface area contributed by atoms with Gasteiger partial charge in [-0.25, -0.2) is 10.8 Å². The first-order chi connectivity index (χ1) is 8.60. The van der Waals surface area contributed by atoms with Crippen LogP contribution in [0, 0.1) is 0 Å². The van der Waals surface area contributed by atoms with Crippen molar-refractivity contribution in [2.45, 2.75) is 0 Å². The summed E-state index contributed by atoms with van der Waals surface area (Å²) in [5, 5.41) is 0.470. The van der Waals surface area contributed by atoms with Crippen molar-refractivity contribution in [3.8, 4) is 11.6 Å². The maximum absolute atomic E-state index is 6.05. The van der Waals surface area contributed by atoms with Crippen molar-refractivity contribution in [2.75, 3.05) is 5.43 Å². The van der Waals surface area contributed by atoms with E-state index in [9.17, 15) is 0 Å². The van der Waals surface area contributed by atoms with E-state index in [2.05, 4.69) is 47.3 Å². The molecule has 2 rings (SSSR count). The molecule has 0 unspecified atom stereocenters. The molecule has 94 valence electrons. The Morgan fingerprint density at radius 2 is 2.11 bits per heavy atom. The predicted molar refractivity (Wildman–Crippen MR) is 76.8 cm³/mol. The molecule has 0 saturated heterocycles. The van der Waals surface area contributed by atoms with Gasteiger partial charge in [0.25, 0.3) is 0 Å². The number of hydrogen-bond donors (Lipinski definition) is 2. The molecule has 0 saturated carbocycles. The topological polar surface area (TPSA) is 73.1 Å². The number of aromatic nitrogens is 2. The molecular weight excluding hydrogens is 387 g/mol. The van der Waals surface area contributed by atoms with Crippen molar-refractivity contribution in [3.05, 3.63) is 38.4 Å². The van der Waals surface area contributed by atoms with Crippen LogP contribution in [0.2, 0.25) is 5.02 Å². The maximum atomic E-state index is 6.05. The molecular formula is C10H7Br2ClN4O. The van der Waals surface area contributed by atoms with Crippen LogP contribution in [0.5, 0.6) is 11.6 Å². The van der Waals surface area contributed by atoms with Crippen LogP contribution in [0.15, 0.2) is 33.3 Å². The van der Waals surface area contributed by atoms with E-state index in [0.717, 1.165) is 4.47 Å². The van der Waals surface area contributed by atoms with E-state index in [1.165, 1.54) is 6.20 Å². The molecule has 1 aromatic carbocycles. The molecule has 1 aromatic heterocycles. The standard InChI is InChI=1S/C10H7Br2ClN4O/c11-5-1-2-8(7(13)3-5)18-9-6(12)4-15-10(16-9)17-14/h1-4H,14H2,(H,15,16,17). The van der Waals surface area contributed by atoms with E-state index in [4.69, 9.17) is 22.2 Å². The molecule has 5 nitrogen and oxygen atoms in total. The molecule has 0 bridgehead atoms. The van der Waals surface area contributed by atoms with E-state index in [-0.39, 0.29) is 5.95 Å². The van der Waals surface area contributed by atoms with Gasteiger partial charge in [-0.2, -0.15) is 4.98 Å². The fourth-order valence-corrected chi connectivity index (χ4v) is 2.14. The van der Waals surface area contributed by atoms with Gasteiger partial charge in [-0.15, -0.1) is 0 Å². The molecule has 0 spiro atoms. The fourth-order valence-electron chi connectivity index (χ4n) is 1.15. The summed E-state index contributed by atoms with van der Waals surface area (Å²) in [5.41, 5.74) is 2.34. The lowest BCUT2D eigenvalue weighted by molar-refractivity contribution is 0.459. The average molecular weight is 394 g/mol. The van der Waals surface area contributed by atoms with Gasteiger partial charge in [0.2, 0.25) is 11.8 Å². The lowest BCUT2D eigenvalue weighted by Crippen LogP contribution is -2.10. The summed E-state index contributed by atoms with van der Waals surface area (Å²) in [4.78, 5) is 7.98. The first-order valence-corrected chi connectivity index (χ1v) is 6.68. The zero-order valence-electron chi connectivity index (χ0n) is 8.82. The minimum Gasteiger partial charge on any atom is -0.436 e. The van der Waals surface area contributed by atoms with E-state index >= 15 is 0 Å². The first kappa shape index (κ1) is 13.5. The van der Waals surface area contributed by atoms with Gasteiger partial charge in [0.15, 0.2) is 0 Å². The SMILES string of the molecule is NNc1ncc(Br)c(Oc2ccc(Br)cc2Cl)n1. The van der Waals surface area contributed by atoms with Crippen LogP contribution in [-0.4, -0.2) is 9.97 Å². The van der Waals surface area contributed by atoms with Crippen molar-refractivity contribution in [1.82, 2.24) is 9.97 Å². The number of rotatable bonds is 3. The van der Waals surface area contributed by atoms with Crippen LogP contribution < -0.4 is 16.0 Å². The van der Waals surface area contributed by atoms with Gasteiger partial charge in [-0.1, -0.05) is 27.5 Å². The Morgan fingerprint density at radius 3 is 2.78 bits per heavy atom. The molecule has 0 radical (unpaired) electrons. The quantitative estimate of drug-likeness (QED) is 0.613. The average Bonchev–Trinajstić information content (AvgIpc) is 2.35. The first-order valence-electron chi connectivity index (χ1n) is 4.72. The van der Waals surface area contributed by atoms with E-state index in [1.807, 2.05) is 6.07 Å². The number of hydrogen-bond acceptors (Lipinski definition) is 5. The minimum absolute atomic E-state index is 0.251. The Hall–Kier alpha value is -0.890. The highest BCUT2D eigenvalue weighted by molar-refractivity contribution is 9.10. The van der Waals surface area contributed by atoms with Crippen LogP contribution in [0.1, 0.15) is 0 Å². The summed E-state index contributed by atoms with van der Waals surface area (Å²) < 4.78 is 7.06. The highest BCUT2D eigenvalue weighted by Crippen LogP contribution is 2.33. The molecule has 1 heterocycles. The molecule has 0 fully saturated rings. The largest absolute Gasteiger partial charge is 0.436 e. The lowest BCUT2D eigenvalue weighted by atomic mass is 10.3. The molecule has 3 N–H and O–H groups in total. The minimum atomic E-state index is 0.251. The zero-order chi connectivity index (χ0) is 13.1. The number of nitrogens with zero attached hydrogens (tertiary/aromatic N) is 2. The Balaban J connectivity index is 2.33. The Morgan fingerprint density at radius 1 is 1.33 bits per heavy atom. The molecule has 0 atom stereocenters. The van der Waals surface area contributed by atoms with Crippen molar-refractivity contribution in [1.29, 1.82) is 0 Å². The molecule has 8 heteroatoms. The third-order valence-electron chi connectivity index (χ3n) is 1.94. The van der Waals surface area contributed by atoms with Crippen LogP contribution in [0.4, 0.5) is 5.95 Å². The molecule has 0 aliphatic heterocycles. The second-order valence-corrected chi connectivity index (χ2v) is 5.35. The smallest absolute Gasteiger partial charge is 0.240 e. The van der Waals surface area contributed by atoms with Crippen molar-refractivity contribution >= 4 is 49.4 Å². The van der Waals surface area contributed by atoms with Gasteiger partial charge in [-0.05, 0) is 34.1 Å². The van der Waals surface area contributed by atoms with Crippen LogP contribution in [-0.2, 0) is 0 Å². The number of benzene rings is 1. The number of nitrogens with two attached hydrogens (primary N) is 1. The van der Waals surface area contributed by atoms with Gasteiger partial charge in [0, 0.05) is 4.47 Å². The van der Waals surface area contributed by atoms with E-state index in [1.54, 1.807) is 12.1 Å². The Kier molecular flexibility index (Phi) is 4.39. The highest BCUT2D eigenvalue weighted by atomic mass is 79.9. The van der Waals surface area contributed by atoms with Crippen LogP contribution >= 0.6 is 43.5 Å².